The lowest BCUT2D eigenvalue weighted by atomic mass is 10.5. The van der Waals surface area contributed by atoms with Crippen LogP contribution in [0.3, 0.4) is 0 Å². The standard InChI is InChI=1S/C8H10N2O/c1-9-3-4-10(7-9)8-2-5-11-6-8/h2-6H,7H2,1H3. The molecular weight excluding hydrogens is 140 g/mol. The van der Waals surface area contributed by atoms with Gasteiger partial charge in [-0.3, -0.25) is 0 Å². The molecule has 1 aromatic rings. The highest BCUT2D eigenvalue weighted by molar-refractivity contribution is 5.47. The lowest BCUT2D eigenvalue weighted by molar-refractivity contribution is 0.494. The number of furan rings is 1. The molecule has 0 fully saturated rings. The van der Waals surface area contributed by atoms with Crippen molar-refractivity contribution >= 4 is 5.69 Å². The quantitative estimate of drug-likeness (QED) is 0.604. The summed E-state index contributed by atoms with van der Waals surface area (Å²) < 4.78 is 4.97. The number of nitrogens with zero attached hydrogens (tertiary/aromatic N) is 2. The maximum Gasteiger partial charge on any atom is 0.114 e. The highest BCUT2D eigenvalue weighted by Gasteiger charge is 2.10. The zero-order chi connectivity index (χ0) is 7.68. The zero-order valence-electron chi connectivity index (χ0n) is 6.40. The first kappa shape index (κ1) is 6.34. The van der Waals surface area contributed by atoms with E-state index in [-0.39, 0.29) is 0 Å². The number of hydrogen-bond donors (Lipinski definition) is 0. The molecule has 0 unspecified atom stereocenters. The van der Waals surface area contributed by atoms with Crippen LogP contribution in [0.1, 0.15) is 0 Å². The van der Waals surface area contributed by atoms with Crippen LogP contribution in [0.15, 0.2) is 35.4 Å². The Morgan fingerprint density at radius 3 is 2.91 bits per heavy atom. The predicted molar refractivity (Wildman–Crippen MR) is 43.0 cm³/mol. The van der Waals surface area contributed by atoms with Crippen molar-refractivity contribution in [3.63, 3.8) is 0 Å². The minimum atomic E-state index is 0.902. The third-order valence-electron chi connectivity index (χ3n) is 1.71. The van der Waals surface area contributed by atoms with E-state index in [1.165, 1.54) is 0 Å². The van der Waals surface area contributed by atoms with Crippen molar-refractivity contribution in [1.29, 1.82) is 0 Å². The van der Waals surface area contributed by atoms with Gasteiger partial charge in [0, 0.05) is 25.5 Å². The van der Waals surface area contributed by atoms with Crippen LogP contribution in [0.25, 0.3) is 0 Å². The molecule has 0 amide bonds. The molecule has 0 N–H and O–H groups in total. The SMILES string of the molecule is CN1C=CN(c2ccoc2)C1. The molecule has 0 spiro atoms. The Bertz CT molecular complexity index is 253. The smallest absolute Gasteiger partial charge is 0.114 e. The van der Waals surface area contributed by atoms with Gasteiger partial charge in [0.2, 0.25) is 0 Å². The maximum absolute atomic E-state index is 4.97. The molecular formula is C8H10N2O. The summed E-state index contributed by atoms with van der Waals surface area (Å²) in [4.78, 5) is 4.22. The topological polar surface area (TPSA) is 19.6 Å². The highest BCUT2D eigenvalue weighted by Crippen LogP contribution is 2.17. The molecule has 1 aliphatic heterocycles. The van der Waals surface area contributed by atoms with Gasteiger partial charge < -0.3 is 14.2 Å². The fourth-order valence-corrected chi connectivity index (χ4v) is 1.12. The van der Waals surface area contributed by atoms with Gasteiger partial charge >= 0.3 is 0 Å². The van der Waals surface area contributed by atoms with E-state index >= 15 is 0 Å². The van der Waals surface area contributed by atoms with Crippen molar-refractivity contribution in [3.05, 3.63) is 31.0 Å². The van der Waals surface area contributed by atoms with E-state index in [1.807, 2.05) is 25.5 Å². The summed E-state index contributed by atoms with van der Waals surface area (Å²) in [6, 6.07) is 1.95. The van der Waals surface area contributed by atoms with Crippen LogP contribution >= 0.6 is 0 Å². The molecule has 3 heteroatoms. The third kappa shape index (κ3) is 1.09. The number of rotatable bonds is 1. The third-order valence-corrected chi connectivity index (χ3v) is 1.71. The van der Waals surface area contributed by atoms with Crippen LogP contribution in [0.5, 0.6) is 0 Å². The van der Waals surface area contributed by atoms with Gasteiger partial charge in [0.25, 0.3) is 0 Å². The largest absolute Gasteiger partial charge is 0.470 e. The van der Waals surface area contributed by atoms with Gasteiger partial charge in [-0.2, -0.15) is 0 Å². The van der Waals surface area contributed by atoms with Crippen molar-refractivity contribution in [2.24, 2.45) is 0 Å². The van der Waals surface area contributed by atoms with Crippen LogP contribution in [-0.4, -0.2) is 18.6 Å². The maximum atomic E-state index is 4.97. The van der Waals surface area contributed by atoms with Crippen molar-refractivity contribution < 1.29 is 4.42 Å². The van der Waals surface area contributed by atoms with E-state index in [1.54, 1.807) is 12.5 Å². The van der Waals surface area contributed by atoms with Crippen molar-refractivity contribution in [2.75, 3.05) is 18.6 Å². The van der Waals surface area contributed by atoms with E-state index in [0.29, 0.717) is 0 Å². The minimum absolute atomic E-state index is 0.902. The van der Waals surface area contributed by atoms with E-state index < -0.39 is 0 Å². The van der Waals surface area contributed by atoms with Crippen molar-refractivity contribution in [3.8, 4) is 0 Å². The van der Waals surface area contributed by atoms with Gasteiger partial charge in [0.15, 0.2) is 0 Å². The number of anilines is 1. The molecule has 58 valence electrons. The molecule has 0 saturated carbocycles. The molecule has 0 saturated heterocycles. The van der Waals surface area contributed by atoms with Crippen LogP contribution in [0.4, 0.5) is 5.69 Å². The summed E-state index contributed by atoms with van der Waals surface area (Å²) in [5, 5.41) is 0. The zero-order valence-corrected chi connectivity index (χ0v) is 6.40. The molecule has 2 heterocycles. The molecule has 2 rings (SSSR count). The van der Waals surface area contributed by atoms with Gasteiger partial charge in [-0.05, 0) is 0 Å². The first-order valence-electron chi connectivity index (χ1n) is 3.54. The van der Waals surface area contributed by atoms with Crippen LogP contribution in [0.2, 0.25) is 0 Å². The van der Waals surface area contributed by atoms with Crippen molar-refractivity contribution in [2.45, 2.75) is 0 Å². The summed E-state index contributed by atoms with van der Waals surface area (Å²) >= 11 is 0. The first-order valence-corrected chi connectivity index (χ1v) is 3.54. The normalized spacial score (nSPS) is 16.5. The Kier molecular flexibility index (Phi) is 1.35. The van der Waals surface area contributed by atoms with Gasteiger partial charge in [-0.25, -0.2) is 0 Å². The van der Waals surface area contributed by atoms with E-state index in [0.717, 1.165) is 12.4 Å². The summed E-state index contributed by atoms with van der Waals surface area (Å²) in [7, 11) is 2.04. The molecule has 0 atom stereocenters. The van der Waals surface area contributed by atoms with Crippen LogP contribution < -0.4 is 4.90 Å². The van der Waals surface area contributed by atoms with Crippen molar-refractivity contribution in [1.82, 2.24) is 4.90 Å². The molecule has 0 aromatic carbocycles. The Balaban J connectivity index is 2.15. The summed E-state index contributed by atoms with van der Waals surface area (Å²) in [5.41, 5.74) is 1.10. The predicted octanol–water partition coefficient (Wildman–Crippen LogP) is 1.46. The van der Waals surface area contributed by atoms with Gasteiger partial charge in [-0.1, -0.05) is 0 Å². The average molecular weight is 150 g/mol. The van der Waals surface area contributed by atoms with Gasteiger partial charge in [-0.15, -0.1) is 0 Å². The summed E-state index contributed by atoms with van der Waals surface area (Å²) in [6.45, 7) is 0.902. The number of hydrogen-bond acceptors (Lipinski definition) is 3. The molecule has 0 bridgehead atoms. The molecule has 0 aliphatic carbocycles. The minimum Gasteiger partial charge on any atom is -0.470 e. The monoisotopic (exact) mass is 150 g/mol. The second kappa shape index (κ2) is 2.34. The highest BCUT2D eigenvalue weighted by atomic mass is 16.3. The van der Waals surface area contributed by atoms with Gasteiger partial charge in [0.05, 0.1) is 18.6 Å². The lowest BCUT2D eigenvalue weighted by Crippen LogP contribution is -2.20. The van der Waals surface area contributed by atoms with Crippen LogP contribution in [0, 0.1) is 0 Å². The van der Waals surface area contributed by atoms with Gasteiger partial charge in [0.1, 0.15) is 6.26 Å². The molecule has 1 aromatic heterocycles. The second-order valence-corrected chi connectivity index (χ2v) is 2.65. The fourth-order valence-electron chi connectivity index (χ4n) is 1.12. The summed E-state index contributed by atoms with van der Waals surface area (Å²) in [5.74, 6) is 0. The van der Waals surface area contributed by atoms with E-state index in [2.05, 4.69) is 9.80 Å². The average Bonchev–Trinajstić information content (AvgIpc) is 2.55. The molecule has 11 heavy (non-hydrogen) atoms. The van der Waals surface area contributed by atoms with E-state index in [9.17, 15) is 0 Å². The Hall–Kier alpha value is -1.38. The van der Waals surface area contributed by atoms with E-state index in [4.69, 9.17) is 4.42 Å². The van der Waals surface area contributed by atoms with Crippen LogP contribution in [-0.2, 0) is 0 Å². The lowest BCUT2D eigenvalue weighted by Gasteiger charge is -2.15. The first-order chi connectivity index (χ1) is 5.36. The molecule has 1 aliphatic rings. The Morgan fingerprint density at radius 2 is 2.36 bits per heavy atom. The fraction of sp³-hybridized carbons (Fsp3) is 0.250. The molecule has 3 nitrogen and oxygen atoms in total. The summed E-state index contributed by atoms with van der Waals surface area (Å²) in [6.07, 6.45) is 7.49. The Labute approximate surface area is 65.5 Å². The molecule has 0 radical (unpaired) electrons. The Morgan fingerprint density at radius 1 is 1.45 bits per heavy atom. The second-order valence-electron chi connectivity index (χ2n) is 2.65.